The first-order valence-electron chi connectivity index (χ1n) is 9.20. The highest BCUT2D eigenvalue weighted by molar-refractivity contribution is 5.95. The number of piperazine rings is 2. The monoisotopic (exact) mass is 349 g/mol. The molecule has 2 aliphatic heterocycles. The van der Waals surface area contributed by atoms with Gasteiger partial charge in [0.05, 0.1) is 6.54 Å². The molecular weight excluding hydrogens is 326 g/mol. The number of allylic oxidation sites excluding steroid dienone is 7. The van der Waals surface area contributed by atoms with Crippen LogP contribution in [-0.4, -0.2) is 60.4 Å². The van der Waals surface area contributed by atoms with E-state index in [2.05, 4.69) is 52.4 Å². The molecular formula is C21H23N3O2. The molecule has 2 aliphatic carbocycles. The lowest BCUT2D eigenvalue weighted by Gasteiger charge is -2.43. The predicted molar refractivity (Wildman–Crippen MR) is 100.0 cm³/mol. The van der Waals surface area contributed by atoms with Gasteiger partial charge in [0.25, 0.3) is 0 Å². The summed E-state index contributed by atoms with van der Waals surface area (Å²) in [5, 5.41) is 2.70. The lowest BCUT2D eigenvalue weighted by molar-refractivity contribution is -0.148. The van der Waals surface area contributed by atoms with Crippen molar-refractivity contribution in [2.24, 2.45) is 0 Å². The molecule has 134 valence electrons. The highest BCUT2D eigenvalue weighted by Gasteiger charge is 2.38. The van der Waals surface area contributed by atoms with Crippen molar-refractivity contribution in [3.05, 3.63) is 47.1 Å². The van der Waals surface area contributed by atoms with Crippen LogP contribution in [0.25, 0.3) is 0 Å². The zero-order valence-electron chi connectivity index (χ0n) is 14.8. The van der Waals surface area contributed by atoms with Crippen LogP contribution in [0.15, 0.2) is 47.1 Å². The maximum absolute atomic E-state index is 12.1. The molecule has 2 fully saturated rings. The Kier molecular flexibility index (Phi) is 4.77. The van der Waals surface area contributed by atoms with Gasteiger partial charge in [0.2, 0.25) is 11.8 Å². The first-order valence-corrected chi connectivity index (χ1v) is 9.20. The average Bonchev–Trinajstić information content (AvgIpc) is 2.80. The summed E-state index contributed by atoms with van der Waals surface area (Å²) in [6.07, 6.45) is 13.3. The smallest absolute Gasteiger partial charge is 0.244 e. The predicted octanol–water partition coefficient (Wildman–Crippen LogP) is 1.17. The molecule has 5 nitrogen and oxygen atoms in total. The number of hydrogen-bond donors (Lipinski definition) is 1. The minimum Gasteiger partial charge on any atom is -0.345 e. The second-order valence-corrected chi connectivity index (χ2v) is 7.10. The van der Waals surface area contributed by atoms with Crippen molar-refractivity contribution in [1.82, 2.24) is 15.1 Å². The van der Waals surface area contributed by atoms with E-state index < -0.39 is 0 Å². The molecule has 2 heterocycles. The summed E-state index contributed by atoms with van der Waals surface area (Å²) in [5.74, 6) is 6.37. The number of nitrogens with zero attached hydrogens (tertiary/aromatic N) is 2. The maximum Gasteiger partial charge on any atom is 0.244 e. The summed E-state index contributed by atoms with van der Waals surface area (Å²) < 4.78 is 0. The Bertz CT molecular complexity index is 807. The normalized spacial score (nSPS) is 27.2. The molecule has 1 atom stereocenters. The van der Waals surface area contributed by atoms with Crippen molar-refractivity contribution in [2.75, 3.05) is 32.7 Å². The minimum atomic E-state index is -0.349. The van der Waals surface area contributed by atoms with Gasteiger partial charge in [-0.1, -0.05) is 47.8 Å². The Morgan fingerprint density at radius 3 is 3.00 bits per heavy atom. The Balaban J connectivity index is 1.44. The number of hydrogen-bond acceptors (Lipinski definition) is 3. The molecule has 4 rings (SSSR count). The molecule has 2 saturated heterocycles. The summed E-state index contributed by atoms with van der Waals surface area (Å²) >= 11 is 0. The van der Waals surface area contributed by atoms with Crippen LogP contribution in [0.5, 0.6) is 0 Å². The van der Waals surface area contributed by atoms with E-state index in [0.29, 0.717) is 13.1 Å². The van der Waals surface area contributed by atoms with Gasteiger partial charge >= 0.3 is 0 Å². The van der Waals surface area contributed by atoms with Crippen molar-refractivity contribution in [3.63, 3.8) is 0 Å². The molecule has 0 aromatic carbocycles. The number of nitrogens with one attached hydrogen (secondary N) is 1. The zero-order valence-corrected chi connectivity index (χ0v) is 14.8. The third kappa shape index (κ3) is 3.51. The van der Waals surface area contributed by atoms with Crippen molar-refractivity contribution in [2.45, 2.75) is 25.3 Å². The fraction of sp³-hybridized carbons (Fsp3) is 0.429. The molecule has 5 heteroatoms. The SMILES string of the molecule is O=C1NCC(=O)N2CCN(CC3=CC=CC4=C(/C=C\CC#CC4)C3)CC12. The van der Waals surface area contributed by atoms with E-state index in [1.54, 1.807) is 4.90 Å². The third-order valence-corrected chi connectivity index (χ3v) is 5.33. The van der Waals surface area contributed by atoms with Crippen molar-refractivity contribution in [1.29, 1.82) is 0 Å². The van der Waals surface area contributed by atoms with E-state index in [4.69, 9.17) is 0 Å². The molecule has 1 unspecified atom stereocenters. The van der Waals surface area contributed by atoms with Gasteiger partial charge < -0.3 is 10.2 Å². The van der Waals surface area contributed by atoms with E-state index in [1.807, 2.05) is 0 Å². The largest absolute Gasteiger partial charge is 0.345 e. The Labute approximate surface area is 154 Å². The van der Waals surface area contributed by atoms with E-state index in [0.717, 1.165) is 32.4 Å². The van der Waals surface area contributed by atoms with Crippen LogP contribution in [0.2, 0.25) is 0 Å². The third-order valence-electron chi connectivity index (χ3n) is 5.33. The van der Waals surface area contributed by atoms with E-state index in [1.165, 1.54) is 16.7 Å². The van der Waals surface area contributed by atoms with E-state index >= 15 is 0 Å². The molecule has 0 aromatic heterocycles. The Morgan fingerprint density at radius 2 is 2.08 bits per heavy atom. The minimum absolute atomic E-state index is 0.0291. The lowest BCUT2D eigenvalue weighted by atomic mass is 9.97. The fourth-order valence-electron chi connectivity index (χ4n) is 3.94. The Morgan fingerprint density at radius 1 is 1.15 bits per heavy atom. The number of carbonyl (C=O) groups is 2. The fourth-order valence-corrected chi connectivity index (χ4v) is 3.94. The lowest BCUT2D eigenvalue weighted by Crippen LogP contribution is -2.66. The van der Waals surface area contributed by atoms with Gasteiger partial charge in [-0.15, -0.1) is 0 Å². The number of rotatable bonds is 2. The van der Waals surface area contributed by atoms with E-state index in [-0.39, 0.29) is 24.4 Å². The van der Waals surface area contributed by atoms with Crippen LogP contribution in [0, 0.1) is 11.8 Å². The van der Waals surface area contributed by atoms with Crippen LogP contribution in [-0.2, 0) is 9.59 Å². The molecule has 2 amide bonds. The molecule has 0 radical (unpaired) electrons. The zero-order chi connectivity index (χ0) is 17.9. The summed E-state index contributed by atoms with van der Waals surface area (Å²) in [6.45, 7) is 3.00. The summed E-state index contributed by atoms with van der Waals surface area (Å²) in [4.78, 5) is 28.1. The summed E-state index contributed by atoms with van der Waals surface area (Å²) in [6, 6.07) is -0.349. The number of amides is 2. The molecule has 4 aliphatic rings. The molecule has 0 bridgehead atoms. The van der Waals surface area contributed by atoms with Gasteiger partial charge in [-0.25, -0.2) is 0 Å². The van der Waals surface area contributed by atoms with Crippen molar-refractivity contribution >= 4 is 11.8 Å². The first kappa shape index (κ1) is 16.9. The quantitative estimate of drug-likeness (QED) is 0.762. The Hall–Kier alpha value is -2.58. The van der Waals surface area contributed by atoms with Crippen LogP contribution in [0.1, 0.15) is 19.3 Å². The van der Waals surface area contributed by atoms with Gasteiger partial charge in [-0.2, -0.15) is 0 Å². The summed E-state index contributed by atoms with van der Waals surface area (Å²) in [7, 11) is 0. The van der Waals surface area contributed by atoms with Crippen LogP contribution in [0.4, 0.5) is 0 Å². The standard InChI is InChI=1S/C21H23N3O2/c25-20-13-22-21(26)19-15-23(10-11-24(19)20)14-16-6-5-9-17-7-3-1-2-4-8-18(17)12-16/h4-6,8-9,19H,2,7,10-15H2,(H,22,26)/b8-4-. The van der Waals surface area contributed by atoms with Crippen molar-refractivity contribution in [3.8, 4) is 11.8 Å². The molecule has 1 N–H and O–H groups in total. The van der Waals surface area contributed by atoms with Gasteiger partial charge in [-0.3, -0.25) is 14.5 Å². The van der Waals surface area contributed by atoms with Crippen LogP contribution < -0.4 is 5.32 Å². The first-order chi connectivity index (χ1) is 12.7. The maximum atomic E-state index is 12.1. The van der Waals surface area contributed by atoms with Gasteiger partial charge in [0.15, 0.2) is 0 Å². The number of carbonyl (C=O) groups excluding carboxylic acids is 2. The van der Waals surface area contributed by atoms with Crippen LogP contribution in [0.3, 0.4) is 0 Å². The molecule has 0 spiro atoms. The van der Waals surface area contributed by atoms with Gasteiger partial charge in [-0.05, 0) is 17.6 Å². The van der Waals surface area contributed by atoms with Gasteiger partial charge in [0.1, 0.15) is 6.04 Å². The summed E-state index contributed by atoms with van der Waals surface area (Å²) in [5.41, 5.74) is 3.96. The molecule has 26 heavy (non-hydrogen) atoms. The second-order valence-electron chi connectivity index (χ2n) is 7.10. The highest BCUT2D eigenvalue weighted by Crippen LogP contribution is 2.25. The topological polar surface area (TPSA) is 52.7 Å². The molecule has 0 aromatic rings. The molecule has 0 saturated carbocycles. The second kappa shape index (κ2) is 7.35. The van der Waals surface area contributed by atoms with E-state index in [9.17, 15) is 9.59 Å². The highest BCUT2D eigenvalue weighted by atomic mass is 16.2. The van der Waals surface area contributed by atoms with Crippen LogP contribution >= 0.6 is 0 Å². The average molecular weight is 349 g/mol. The number of fused-ring (bicyclic) bond motifs is 1. The van der Waals surface area contributed by atoms with Crippen molar-refractivity contribution < 1.29 is 9.59 Å². The van der Waals surface area contributed by atoms with Gasteiger partial charge in [0, 0.05) is 39.0 Å².